The van der Waals surface area contributed by atoms with E-state index in [9.17, 15) is 4.79 Å². The fourth-order valence-corrected chi connectivity index (χ4v) is 3.83. The molecule has 1 aliphatic heterocycles. The Bertz CT molecular complexity index is 813. The summed E-state index contributed by atoms with van der Waals surface area (Å²) in [4.78, 5) is 12.4. The molecule has 0 unspecified atom stereocenters. The lowest BCUT2D eigenvalue weighted by molar-refractivity contribution is -0.116. The summed E-state index contributed by atoms with van der Waals surface area (Å²) in [6, 6.07) is 16.0. The van der Waals surface area contributed by atoms with E-state index in [0.29, 0.717) is 19.8 Å². The zero-order valence-electron chi connectivity index (χ0n) is 15.4. The molecule has 0 saturated carbocycles. The van der Waals surface area contributed by atoms with Crippen molar-refractivity contribution >= 4 is 27.9 Å². The molecule has 0 aliphatic carbocycles. The Morgan fingerprint density at radius 2 is 2.00 bits per heavy atom. The molecule has 0 aromatic heterocycles. The Labute approximate surface area is 168 Å². The van der Waals surface area contributed by atoms with Crippen LogP contribution in [0.2, 0.25) is 0 Å². The van der Waals surface area contributed by atoms with E-state index >= 15 is 0 Å². The number of para-hydroxylation sites is 1. The molecule has 5 heteroatoms. The van der Waals surface area contributed by atoms with Gasteiger partial charge in [-0.25, -0.2) is 0 Å². The molecule has 142 valence electrons. The highest BCUT2D eigenvalue weighted by molar-refractivity contribution is 9.10. The number of carbonyl (C=O) groups excluding carboxylic acids is 1. The van der Waals surface area contributed by atoms with Gasteiger partial charge >= 0.3 is 0 Å². The average molecular weight is 430 g/mol. The van der Waals surface area contributed by atoms with Gasteiger partial charge in [-0.3, -0.25) is 4.79 Å². The summed E-state index contributed by atoms with van der Waals surface area (Å²) in [6.45, 7) is 2.00. The van der Waals surface area contributed by atoms with Crippen molar-refractivity contribution in [2.45, 2.75) is 18.3 Å². The summed E-state index contributed by atoms with van der Waals surface area (Å²) in [5, 5.41) is 3.08. The minimum atomic E-state index is -0.109. The van der Waals surface area contributed by atoms with Crippen molar-refractivity contribution in [1.82, 2.24) is 5.32 Å². The van der Waals surface area contributed by atoms with Crippen LogP contribution in [0.25, 0.3) is 6.08 Å². The second-order valence-corrected chi connectivity index (χ2v) is 7.61. The van der Waals surface area contributed by atoms with Crippen LogP contribution in [0.3, 0.4) is 0 Å². The molecule has 1 amide bonds. The number of carbonyl (C=O) groups is 1. The second-order valence-electron chi connectivity index (χ2n) is 6.70. The summed E-state index contributed by atoms with van der Waals surface area (Å²) in [7, 11) is 1.62. The number of benzene rings is 2. The SMILES string of the molecule is COc1ccccc1C=CC(=O)NCC1(c2cccc(Br)c2)CCOCC1. The van der Waals surface area contributed by atoms with Gasteiger partial charge in [-0.1, -0.05) is 46.3 Å². The van der Waals surface area contributed by atoms with Crippen LogP contribution in [-0.4, -0.2) is 32.8 Å². The largest absolute Gasteiger partial charge is 0.496 e. The van der Waals surface area contributed by atoms with Crippen LogP contribution in [0.4, 0.5) is 0 Å². The number of ether oxygens (including phenoxy) is 2. The van der Waals surface area contributed by atoms with Crippen molar-refractivity contribution < 1.29 is 14.3 Å². The molecule has 4 nitrogen and oxygen atoms in total. The van der Waals surface area contributed by atoms with Gasteiger partial charge in [0.2, 0.25) is 5.91 Å². The Morgan fingerprint density at radius 1 is 1.22 bits per heavy atom. The quantitative estimate of drug-likeness (QED) is 0.694. The Hall–Kier alpha value is -2.11. The zero-order chi connectivity index (χ0) is 19.1. The smallest absolute Gasteiger partial charge is 0.244 e. The highest BCUT2D eigenvalue weighted by atomic mass is 79.9. The molecule has 2 aromatic rings. The summed E-state index contributed by atoms with van der Waals surface area (Å²) in [5.41, 5.74) is 2.01. The average Bonchev–Trinajstić information content (AvgIpc) is 2.71. The monoisotopic (exact) mass is 429 g/mol. The van der Waals surface area contributed by atoms with E-state index in [4.69, 9.17) is 9.47 Å². The van der Waals surface area contributed by atoms with Gasteiger partial charge in [0.1, 0.15) is 5.75 Å². The molecule has 1 fully saturated rings. The maximum absolute atomic E-state index is 12.4. The Morgan fingerprint density at radius 3 is 2.74 bits per heavy atom. The van der Waals surface area contributed by atoms with Crippen LogP contribution >= 0.6 is 15.9 Å². The first-order valence-electron chi connectivity index (χ1n) is 9.06. The van der Waals surface area contributed by atoms with E-state index in [0.717, 1.165) is 28.6 Å². The fourth-order valence-electron chi connectivity index (χ4n) is 3.43. The number of methoxy groups -OCH3 is 1. The predicted octanol–water partition coefficient (Wildman–Crippen LogP) is 4.34. The molecular formula is C22H24BrNO3. The van der Waals surface area contributed by atoms with Crippen molar-refractivity contribution in [1.29, 1.82) is 0 Å². The number of rotatable bonds is 6. The summed E-state index contributed by atoms with van der Waals surface area (Å²) >= 11 is 3.56. The number of halogens is 1. The summed E-state index contributed by atoms with van der Waals surface area (Å²) in [5.74, 6) is 0.637. The first-order chi connectivity index (χ1) is 13.1. The van der Waals surface area contributed by atoms with Gasteiger partial charge in [0, 0.05) is 41.3 Å². The van der Waals surface area contributed by atoms with Crippen LogP contribution < -0.4 is 10.1 Å². The molecular weight excluding hydrogens is 406 g/mol. The Balaban J connectivity index is 1.70. The van der Waals surface area contributed by atoms with Gasteiger partial charge < -0.3 is 14.8 Å². The molecule has 3 rings (SSSR count). The zero-order valence-corrected chi connectivity index (χ0v) is 17.0. The first kappa shape index (κ1) is 19.6. The predicted molar refractivity (Wildman–Crippen MR) is 111 cm³/mol. The standard InChI is InChI=1S/C22H24BrNO3/c1-26-20-8-3-2-5-17(20)9-10-21(25)24-16-22(11-13-27-14-12-22)18-6-4-7-19(23)15-18/h2-10,15H,11-14,16H2,1H3,(H,24,25). The normalized spacial score (nSPS) is 16.2. The maximum Gasteiger partial charge on any atom is 0.244 e. The van der Waals surface area contributed by atoms with Gasteiger partial charge in [0.05, 0.1) is 7.11 Å². The molecule has 1 heterocycles. The molecule has 2 aromatic carbocycles. The third-order valence-corrected chi connectivity index (χ3v) is 5.53. The van der Waals surface area contributed by atoms with Crippen molar-refractivity contribution in [3.05, 3.63) is 70.2 Å². The summed E-state index contributed by atoms with van der Waals surface area (Å²) in [6.07, 6.45) is 5.12. The number of amides is 1. The maximum atomic E-state index is 12.4. The van der Waals surface area contributed by atoms with Crippen LogP contribution in [0.5, 0.6) is 5.75 Å². The molecule has 0 bridgehead atoms. The summed E-state index contributed by atoms with van der Waals surface area (Å²) < 4.78 is 11.9. The van der Waals surface area contributed by atoms with Crippen molar-refractivity contribution in [3.63, 3.8) is 0 Å². The van der Waals surface area contributed by atoms with Crippen molar-refractivity contribution in [2.75, 3.05) is 26.9 Å². The third-order valence-electron chi connectivity index (χ3n) is 5.04. The van der Waals surface area contributed by atoms with E-state index in [1.807, 2.05) is 36.4 Å². The highest BCUT2D eigenvalue weighted by Crippen LogP contribution is 2.35. The van der Waals surface area contributed by atoms with E-state index < -0.39 is 0 Å². The van der Waals surface area contributed by atoms with Gasteiger partial charge in [-0.05, 0) is 42.7 Å². The van der Waals surface area contributed by atoms with E-state index in [-0.39, 0.29) is 11.3 Å². The third kappa shape index (κ3) is 4.99. The lowest BCUT2D eigenvalue weighted by Crippen LogP contribution is -2.44. The lowest BCUT2D eigenvalue weighted by atomic mass is 9.74. The van der Waals surface area contributed by atoms with Gasteiger partial charge in [-0.15, -0.1) is 0 Å². The topological polar surface area (TPSA) is 47.6 Å². The Kier molecular flexibility index (Phi) is 6.69. The van der Waals surface area contributed by atoms with E-state index in [1.54, 1.807) is 19.3 Å². The molecule has 0 radical (unpaired) electrons. The molecule has 0 spiro atoms. The van der Waals surface area contributed by atoms with Gasteiger partial charge in [0.15, 0.2) is 0 Å². The molecule has 0 atom stereocenters. The van der Waals surface area contributed by atoms with E-state index in [2.05, 4.69) is 33.4 Å². The second kappa shape index (κ2) is 9.20. The molecule has 1 N–H and O–H groups in total. The minimum absolute atomic E-state index is 0.101. The van der Waals surface area contributed by atoms with Crippen LogP contribution in [0.15, 0.2) is 59.1 Å². The molecule has 1 aliphatic rings. The van der Waals surface area contributed by atoms with Crippen molar-refractivity contribution in [3.8, 4) is 5.75 Å². The number of nitrogens with one attached hydrogen (secondary N) is 1. The fraction of sp³-hybridized carbons (Fsp3) is 0.318. The number of hydrogen-bond acceptors (Lipinski definition) is 3. The highest BCUT2D eigenvalue weighted by Gasteiger charge is 2.34. The molecule has 27 heavy (non-hydrogen) atoms. The van der Waals surface area contributed by atoms with Crippen LogP contribution in [0.1, 0.15) is 24.0 Å². The lowest BCUT2D eigenvalue weighted by Gasteiger charge is -2.38. The molecule has 1 saturated heterocycles. The van der Waals surface area contributed by atoms with Gasteiger partial charge in [-0.2, -0.15) is 0 Å². The van der Waals surface area contributed by atoms with Crippen molar-refractivity contribution in [2.24, 2.45) is 0 Å². The van der Waals surface area contributed by atoms with Crippen LogP contribution in [-0.2, 0) is 14.9 Å². The number of hydrogen-bond donors (Lipinski definition) is 1. The van der Waals surface area contributed by atoms with Gasteiger partial charge in [0.25, 0.3) is 0 Å². The first-order valence-corrected chi connectivity index (χ1v) is 9.85. The minimum Gasteiger partial charge on any atom is -0.496 e. The van der Waals surface area contributed by atoms with Crippen LogP contribution in [0, 0.1) is 0 Å². The van der Waals surface area contributed by atoms with E-state index in [1.165, 1.54) is 5.56 Å².